The van der Waals surface area contributed by atoms with E-state index in [1.807, 2.05) is 26.0 Å². The smallest absolute Gasteiger partial charge is 0.229 e. The Balaban J connectivity index is 1.84. The number of hydrogen-bond donors (Lipinski definition) is 1. The zero-order valence-electron chi connectivity index (χ0n) is 16.7. The Morgan fingerprint density at radius 3 is 2.60 bits per heavy atom. The molecule has 0 unspecified atom stereocenters. The van der Waals surface area contributed by atoms with Crippen LogP contribution in [0.1, 0.15) is 23.6 Å². The number of anilines is 3. The minimum atomic E-state index is -0.659. The maximum Gasteiger partial charge on any atom is 0.229 e. The SMILES string of the molecule is CC(=O)N(c1cc(NC(=O)Cc2c(C)cc(C)cc2Cl)ccn1)c1ccncc1F. The number of rotatable bonds is 5. The van der Waals surface area contributed by atoms with Crippen molar-refractivity contribution in [1.29, 1.82) is 0 Å². The quantitative estimate of drug-likeness (QED) is 0.638. The van der Waals surface area contributed by atoms with Crippen molar-refractivity contribution in [3.05, 3.63) is 76.5 Å². The van der Waals surface area contributed by atoms with E-state index in [-0.39, 0.29) is 23.8 Å². The second-order valence-corrected chi connectivity index (χ2v) is 7.26. The number of nitrogens with one attached hydrogen (secondary N) is 1. The molecule has 3 rings (SSSR count). The van der Waals surface area contributed by atoms with E-state index in [9.17, 15) is 14.0 Å². The molecule has 2 heterocycles. The molecule has 3 aromatic rings. The van der Waals surface area contributed by atoms with Crippen LogP contribution < -0.4 is 10.2 Å². The summed E-state index contributed by atoms with van der Waals surface area (Å²) in [4.78, 5) is 33.7. The highest BCUT2D eigenvalue weighted by atomic mass is 35.5. The van der Waals surface area contributed by atoms with Gasteiger partial charge in [-0.2, -0.15) is 0 Å². The number of carbonyl (C=O) groups is 2. The summed E-state index contributed by atoms with van der Waals surface area (Å²) in [5, 5.41) is 3.31. The summed E-state index contributed by atoms with van der Waals surface area (Å²) in [6.45, 7) is 5.14. The molecule has 0 spiro atoms. The Hall–Kier alpha value is -3.32. The lowest BCUT2D eigenvalue weighted by molar-refractivity contribution is -0.116. The van der Waals surface area contributed by atoms with E-state index in [4.69, 9.17) is 11.6 Å². The van der Waals surface area contributed by atoms with Gasteiger partial charge in [-0.1, -0.05) is 17.7 Å². The van der Waals surface area contributed by atoms with Gasteiger partial charge in [-0.05, 0) is 48.7 Å². The van der Waals surface area contributed by atoms with E-state index in [1.165, 1.54) is 31.5 Å². The fraction of sp³-hybridized carbons (Fsp3) is 0.182. The summed E-state index contributed by atoms with van der Waals surface area (Å²) >= 11 is 6.29. The molecule has 1 N–H and O–H groups in total. The van der Waals surface area contributed by atoms with Crippen LogP contribution in [0.4, 0.5) is 21.6 Å². The van der Waals surface area contributed by atoms with Crippen LogP contribution in [-0.2, 0) is 16.0 Å². The summed E-state index contributed by atoms with van der Waals surface area (Å²) in [6, 6.07) is 8.25. The molecule has 0 aliphatic carbocycles. The van der Waals surface area contributed by atoms with E-state index < -0.39 is 11.7 Å². The molecule has 6 nitrogen and oxygen atoms in total. The van der Waals surface area contributed by atoms with Crippen molar-refractivity contribution in [2.75, 3.05) is 10.2 Å². The maximum absolute atomic E-state index is 14.2. The largest absolute Gasteiger partial charge is 0.326 e. The van der Waals surface area contributed by atoms with Crippen molar-refractivity contribution >= 4 is 40.6 Å². The van der Waals surface area contributed by atoms with Crippen LogP contribution in [0.25, 0.3) is 0 Å². The Labute approximate surface area is 178 Å². The third kappa shape index (κ3) is 4.80. The average Bonchev–Trinajstić information content (AvgIpc) is 2.66. The van der Waals surface area contributed by atoms with Crippen molar-refractivity contribution in [1.82, 2.24) is 9.97 Å². The number of carbonyl (C=O) groups excluding carboxylic acids is 2. The van der Waals surface area contributed by atoms with Crippen LogP contribution in [0.15, 0.2) is 48.9 Å². The molecule has 8 heteroatoms. The van der Waals surface area contributed by atoms with Gasteiger partial charge in [0.1, 0.15) is 5.82 Å². The third-order valence-corrected chi connectivity index (χ3v) is 4.80. The van der Waals surface area contributed by atoms with E-state index >= 15 is 0 Å². The summed E-state index contributed by atoms with van der Waals surface area (Å²) in [5.41, 5.74) is 3.15. The third-order valence-electron chi connectivity index (χ3n) is 4.47. The molecule has 0 saturated heterocycles. The second kappa shape index (κ2) is 9.00. The molecule has 2 aromatic heterocycles. The van der Waals surface area contributed by atoms with Gasteiger partial charge in [-0.3, -0.25) is 19.5 Å². The van der Waals surface area contributed by atoms with Gasteiger partial charge in [0.15, 0.2) is 5.82 Å². The van der Waals surface area contributed by atoms with Crippen molar-refractivity contribution in [3.8, 4) is 0 Å². The zero-order valence-corrected chi connectivity index (χ0v) is 17.5. The molecular weight excluding hydrogens is 407 g/mol. The molecule has 0 bridgehead atoms. The number of pyridine rings is 2. The zero-order chi connectivity index (χ0) is 21.8. The van der Waals surface area contributed by atoms with Crippen molar-refractivity contribution in [2.24, 2.45) is 0 Å². The van der Waals surface area contributed by atoms with Gasteiger partial charge in [0.25, 0.3) is 0 Å². The molecule has 30 heavy (non-hydrogen) atoms. The summed E-state index contributed by atoms with van der Waals surface area (Å²) in [6.07, 6.45) is 3.93. The van der Waals surface area contributed by atoms with Crippen LogP contribution in [0.2, 0.25) is 5.02 Å². The number of aryl methyl sites for hydroxylation is 2. The molecule has 154 valence electrons. The van der Waals surface area contributed by atoms with Crippen LogP contribution >= 0.6 is 11.6 Å². The number of hydrogen-bond acceptors (Lipinski definition) is 4. The summed E-state index contributed by atoms with van der Waals surface area (Å²) in [5.74, 6) is -1.19. The van der Waals surface area contributed by atoms with Gasteiger partial charge in [0.05, 0.1) is 18.3 Å². The first-order valence-electron chi connectivity index (χ1n) is 9.18. The Morgan fingerprint density at radius 1 is 1.17 bits per heavy atom. The van der Waals surface area contributed by atoms with E-state index in [0.29, 0.717) is 10.7 Å². The highest BCUT2D eigenvalue weighted by molar-refractivity contribution is 6.31. The highest BCUT2D eigenvalue weighted by Crippen LogP contribution is 2.28. The second-order valence-electron chi connectivity index (χ2n) is 6.85. The molecule has 0 atom stereocenters. The predicted molar refractivity (Wildman–Crippen MR) is 115 cm³/mol. The molecule has 2 amide bonds. The van der Waals surface area contributed by atoms with E-state index in [1.54, 1.807) is 6.07 Å². The monoisotopic (exact) mass is 426 g/mol. The van der Waals surface area contributed by atoms with Gasteiger partial charge in [0, 0.05) is 36.1 Å². The molecule has 0 radical (unpaired) electrons. The van der Waals surface area contributed by atoms with Crippen LogP contribution in [0.3, 0.4) is 0 Å². The first-order valence-corrected chi connectivity index (χ1v) is 9.56. The van der Waals surface area contributed by atoms with Crippen molar-refractivity contribution in [3.63, 3.8) is 0 Å². The molecule has 0 aliphatic heterocycles. The normalized spacial score (nSPS) is 10.6. The first-order chi connectivity index (χ1) is 14.3. The van der Waals surface area contributed by atoms with Crippen molar-refractivity contribution < 1.29 is 14.0 Å². The highest BCUT2D eigenvalue weighted by Gasteiger charge is 2.20. The lowest BCUT2D eigenvalue weighted by Gasteiger charge is -2.21. The van der Waals surface area contributed by atoms with Crippen LogP contribution in [0.5, 0.6) is 0 Å². The standard InChI is InChI=1S/C22H20ClFN4O2/c1-13-8-14(2)17(18(23)9-13)11-22(30)27-16-4-7-26-21(10-16)28(15(3)29)20-5-6-25-12-19(20)24/h4-10,12H,11H2,1-3H3,(H,26,27,30). The van der Waals surface area contributed by atoms with Gasteiger partial charge in [-0.25, -0.2) is 9.37 Å². The van der Waals surface area contributed by atoms with Gasteiger partial charge in [-0.15, -0.1) is 0 Å². The van der Waals surface area contributed by atoms with Gasteiger partial charge in [0.2, 0.25) is 11.8 Å². The Morgan fingerprint density at radius 2 is 1.93 bits per heavy atom. The maximum atomic E-state index is 14.2. The number of nitrogens with zero attached hydrogens (tertiary/aromatic N) is 3. The first kappa shape index (κ1) is 21.4. The van der Waals surface area contributed by atoms with Crippen molar-refractivity contribution in [2.45, 2.75) is 27.2 Å². The minimum absolute atomic E-state index is 0.0236. The van der Waals surface area contributed by atoms with E-state index in [2.05, 4.69) is 15.3 Å². The lowest BCUT2D eigenvalue weighted by Crippen LogP contribution is -2.25. The molecule has 0 fully saturated rings. The Kier molecular flexibility index (Phi) is 6.42. The fourth-order valence-corrected chi connectivity index (χ4v) is 3.55. The van der Waals surface area contributed by atoms with Crippen LogP contribution in [-0.4, -0.2) is 21.8 Å². The topological polar surface area (TPSA) is 75.2 Å². The number of amides is 2. The minimum Gasteiger partial charge on any atom is -0.326 e. The average molecular weight is 427 g/mol. The van der Waals surface area contributed by atoms with Gasteiger partial charge >= 0.3 is 0 Å². The van der Waals surface area contributed by atoms with Crippen LogP contribution in [0, 0.1) is 19.7 Å². The summed E-state index contributed by atoms with van der Waals surface area (Å²) in [7, 11) is 0. The van der Waals surface area contributed by atoms with Gasteiger partial charge < -0.3 is 5.32 Å². The number of aromatic nitrogens is 2. The van der Waals surface area contributed by atoms with E-state index in [0.717, 1.165) is 27.8 Å². The fourth-order valence-electron chi connectivity index (χ4n) is 3.16. The Bertz CT molecular complexity index is 1100. The lowest BCUT2D eigenvalue weighted by atomic mass is 10.0. The molecule has 1 aromatic carbocycles. The molecular formula is C22H20ClFN4O2. The molecule has 0 aliphatic rings. The number of halogens is 2. The summed E-state index contributed by atoms with van der Waals surface area (Å²) < 4.78 is 14.2. The molecule has 0 saturated carbocycles. The number of benzene rings is 1. The predicted octanol–water partition coefficient (Wildman–Crippen LogP) is 4.75.